The maximum absolute atomic E-state index is 13.9. The summed E-state index contributed by atoms with van der Waals surface area (Å²) in [6.45, 7) is 3.99. The van der Waals surface area contributed by atoms with E-state index in [0.29, 0.717) is 13.2 Å². The number of benzene rings is 2. The molecule has 0 aromatic heterocycles. The monoisotopic (exact) mass is 433 g/mol. The van der Waals surface area contributed by atoms with Gasteiger partial charge in [-0.2, -0.15) is 0 Å². The van der Waals surface area contributed by atoms with Crippen LogP contribution in [0.1, 0.15) is 22.7 Å². The first kappa shape index (κ1) is 21.2. The van der Waals surface area contributed by atoms with Crippen molar-refractivity contribution in [2.24, 2.45) is 0 Å². The zero-order valence-corrected chi connectivity index (χ0v) is 18.0. The van der Waals surface area contributed by atoms with Crippen LogP contribution in [0.25, 0.3) is 0 Å². The number of ether oxygens (including phenoxy) is 1. The number of fused-ring (bicyclic) bond motifs is 1. The maximum Gasteiger partial charge on any atom is 0.215 e. The van der Waals surface area contributed by atoms with E-state index in [4.69, 9.17) is 4.74 Å². The van der Waals surface area contributed by atoms with Gasteiger partial charge in [-0.25, -0.2) is 17.5 Å². The number of hydrogen-bond donors (Lipinski definition) is 1. The fraction of sp³-hybridized carbons (Fsp3) is 0.455. The highest BCUT2D eigenvalue weighted by Gasteiger charge is 2.26. The van der Waals surface area contributed by atoms with Gasteiger partial charge in [-0.1, -0.05) is 30.3 Å². The van der Waals surface area contributed by atoms with Gasteiger partial charge in [0.25, 0.3) is 0 Å². The lowest BCUT2D eigenvalue weighted by Gasteiger charge is -2.35. The molecule has 0 unspecified atom stereocenters. The first-order valence-corrected chi connectivity index (χ1v) is 11.9. The van der Waals surface area contributed by atoms with Crippen LogP contribution in [0.2, 0.25) is 0 Å². The summed E-state index contributed by atoms with van der Waals surface area (Å²) in [5, 5.41) is 0. The van der Waals surface area contributed by atoms with E-state index in [1.807, 2.05) is 0 Å². The molecule has 0 aliphatic carbocycles. The number of anilines is 1. The number of halogens is 1. The van der Waals surface area contributed by atoms with Crippen molar-refractivity contribution >= 4 is 15.7 Å². The molecule has 1 atom stereocenters. The van der Waals surface area contributed by atoms with E-state index in [-0.39, 0.29) is 23.9 Å². The Hall–Kier alpha value is -2.00. The van der Waals surface area contributed by atoms with Gasteiger partial charge in [0, 0.05) is 50.5 Å². The molecule has 2 aromatic carbocycles. The molecular weight excluding hydrogens is 405 g/mol. The van der Waals surface area contributed by atoms with Crippen LogP contribution in [0.5, 0.6) is 0 Å². The van der Waals surface area contributed by atoms with E-state index >= 15 is 0 Å². The molecule has 2 heterocycles. The minimum absolute atomic E-state index is 0.0968. The van der Waals surface area contributed by atoms with E-state index in [1.165, 1.54) is 23.4 Å². The van der Waals surface area contributed by atoms with Crippen LogP contribution in [0.4, 0.5) is 10.1 Å². The predicted molar refractivity (Wildman–Crippen MR) is 116 cm³/mol. The highest BCUT2D eigenvalue weighted by molar-refractivity contribution is 7.88. The second-order valence-electron chi connectivity index (χ2n) is 7.92. The van der Waals surface area contributed by atoms with E-state index in [2.05, 4.69) is 39.8 Å². The largest absolute Gasteiger partial charge is 0.379 e. The minimum atomic E-state index is -3.68. The molecule has 0 radical (unpaired) electrons. The normalized spacial score (nSPS) is 18.4. The third-order valence-electron chi connectivity index (χ3n) is 5.90. The average Bonchev–Trinajstić information content (AvgIpc) is 3.11. The lowest BCUT2D eigenvalue weighted by molar-refractivity contribution is 0.0172. The fourth-order valence-corrected chi connectivity index (χ4v) is 5.38. The van der Waals surface area contributed by atoms with Crippen LogP contribution < -0.4 is 9.62 Å². The second-order valence-corrected chi connectivity index (χ2v) is 9.73. The summed E-state index contributed by atoms with van der Waals surface area (Å²) in [6, 6.07) is 12.3. The first-order chi connectivity index (χ1) is 14.4. The molecule has 162 valence electrons. The van der Waals surface area contributed by atoms with Crippen molar-refractivity contribution in [3.63, 3.8) is 0 Å². The van der Waals surface area contributed by atoms with Crippen molar-refractivity contribution in [3.05, 3.63) is 65.0 Å². The maximum atomic E-state index is 13.9. The summed E-state index contributed by atoms with van der Waals surface area (Å²) >= 11 is 0. The highest BCUT2D eigenvalue weighted by Crippen LogP contribution is 2.31. The van der Waals surface area contributed by atoms with Gasteiger partial charge in [0.1, 0.15) is 5.82 Å². The number of nitrogens with one attached hydrogen (secondary N) is 1. The van der Waals surface area contributed by atoms with Gasteiger partial charge in [0.15, 0.2) is 0 Å². The second kappa shape index (κ2) is 9.01. The Labute approximate surface area is 177 Å². The van der Waals surface area contributed by atoms with Crippen molar-refractivity contribution in [3.8, 4) is 0 Å². The van der Waals surface area contributed by atoms with E-state index < -0.39 is 15.8 Å². The quantitative estimate of drug-likeness (QED) is 0.726. The zero-order chi connectivity index (χ0) is 21.1. The molecule has 0 amide bonds. The Balaban J connectivity index is 1.53. The van der Waals surface area contributed by atoms with Gasteiger partial charge in [0.05, 0.1) is 19.0 Å². The number of morpholine rings is 1. The first-order valence-electron chi connectivity index (χ1n) is 10.3. The summed E-state index contributed by atoms with van der Waals surface area (Å²) in [4.78, 5) is 4.50. The Morgan fingerprint density at radius 1 is 1.13 bits per heavy atom. The van der Waals surface area contributed by atoms with Gasteiger partial charge in [-0.3, -0.25) is 4.90 Å². The molecule has 2 aromatic rings. The van der Waals surface area contributed by atoms with Gasteiger partial charge < -0.3 is 9.64 Å². The smallest absolute Gasteiger partial charge is 0.215 e. The molecule has 0 bridgehead atoms. The summed E-state index contributed by atoms with van der Waals surface area (Å²) in [6.07, 6.45) is 0.995. The molecule has 6 nitrogen and oxygen atoms in total. The molecule has 0 spiro atoms. The molecule has 4 rings (SSSR count). The van der Waals surface area contributed by atoms with Crippen LogP contribution in [-0.4, -0.2) is 59.8 Å². The number of sulfonamides is 1. The zero-order valence-electron chi connectivity index (χ0n) is 17.2. The molecular formula is C22H28FN3O3S. The van der Waals surface area contributed by atoms with Crippen LogP contribution in [-0.2, 0) is 26.9 Å². The standard InChI is InChI=1S/C22H28FN3O3S/c1-25-9-8-18-14-17(6-7-21(18)25)22(26-10-12-29-13-11-26)15-24-30(27,28)16-19-4-2-3-5-20(19)23/h2-7,14,22,24H,8-13,15-16H2,1H3/t22-/m0/s1. The topological polar surface area (TPSA) is 61.9 Å². The summed E-state index contributed by atoms with van der Waals surface area (Å²) in [5.41, 5.74) is 3.80. The highest BCUT2D eigenvalue weighted by atomic mass is 32.2. The summed E-state index contributed by atoms with van der Waals surface area (Å²) in [7, 11) is -1.59. The Morgan fingerprint density at radius 3 is 2.67 bits per heavy atom. The summed E-state index contributed by atoms with van der Waals surface area (Å²) < 4.78 is 47.5. The van der Waals surface area contributed by atoms with Crippen molar-refractivity contribution in [1.82, 2.24) is 9.62 Å². The molecule has 8 heteroatoms. The number of rotatable bonds is 7. The van der Waals surface area contributed by atoms with Gasteiger partial charge in [-0.05, 0) is 29.7 Å². The minimum Gasteiger partial charge on any atom is -0.379 e. The van der Waals surface area contributed by atoms with Crippen molar-refractivity contribution in [1.29, 1.82) is 0 Å². The molecule has 1 fully saturated rings. The van der Waals surface area contributed by atoms with Crippen LogP contribution in [0, 0.1) is 5.82 Å². The van der Waals surface area contributed by atoms with Crippen LogP contribution >= 0.6 is 0 Å². The van der Waals surface area contributed by atoms with E-state index in [9.17, 15) is 12.8 Å². The van der Waals surface area contributed by atoms with Crippen molar-refractivity contribution < 1.29 is 17.5 Å². The van der Waals surface area contributed by atoms with Crippen molar-refractivity contribution in [2.45, 2.75) is 18.2 Å². The van der Waals surface area contributed by atoms with Crippen molar-refractivity contribution in [2.75, 3.05) is 51.3 Å². The lowest BCUT2D eigenvalue weighted by Crippen LogP contribution is -2.44. The number of hydrogen-bond acceptors (Lipinski definition) is 5. The number of nitrogens with zero attached hydrogens (tertiary/aromatic N) is 2. The lowest BCUT2D eigenvalue weighted by atomic mass is 10.0. The van der Waals surface area contributed by atoms with Gasteiger partial charge in [0.2, 0.25) is 10.0 Å². The Morgan fingerprint density at radius 2 is 1.90 bits per heavy atom. The van der Waals surface area contributed by atoms with E-state index in [1.54, 1.807) is 12.1 Å². The third-order valence-corrected chi connectivity index (χ3v) is 7.20. The van der Waals surface area contributed by atoms with E-state index in [0.717, 1.165) is 31.6 Å². The van der Waals surface area contributed by atoms with Crippen LogP contribution in [0.3, 0.4) is 0 Å². The molecule has 1 saturated heterocycles. The average molecular weight is 434 g/mol. The molecule has 30 heavy (non-hydrogen) atoms. The Kier molecular flexibility index (Phi) is 6.38. The fourth-order valence-electron chi connectivity index (χ4n) is 4.22. The molecule has 2 aliphatic heterocycles. The molecule has 0 saturated carbocycles. The molecule has 1 N–H and O–H groups in total. The van der Waals surface area contributed by atoms with Gasteiger partial charge >= 0.3 is 0 Å². The Bertz CT molecular complexity index is 993. The third kappa shape index (κ3) is 4.83. The number of likely N-dealkylation sites (N-methyl/N-ethyl adjacent to an activating group) is 1. The SMILES string of the molecule is CN1CCc2cc([C@H](CNS(=O)(=O)Cc3ccccc3F)N3CCOCC3)ccc21. The summed E-state index contributed by atoms with van der Waals surface area (Å²) in [5.74, 6) is -0.875. The van der Waals surface area contributed by atoms with Gasteiger partial charge in [-0.15, -0.1) is 0 Å². The van der Waals surface area contributed by atoms with Crippen LogP contribution in [0.15, 0.2) is 42.5 Å². The predicted octanol–water partition coefficient (Wildman–Crippen LogP) is 2.31. The molecule has 2 aliphatic rings.